The second-order valence-electron chi connectivity index (χ2n) is 7.82. The molecule has 1 aliphatic carbocycles. The Morgan fingerprint density at radius 2 is 2.13 bits per heavy atom. The highest BCUT2D eigenvalue weighted by atomic mass is 32.2. The van der Waals surface area contributed by atoms with Gasteiger partial charge in [0.15, 0.2) is 5.16 Å². The molecule has 2 aromatic heterocycles. The summed E-state index contributed by atoms with van der Waals surface area (Å²) in [5, 5.41) is 8.61. The Labute approximate surface area is 190 Å². The van der Waals surface area contributed by atoms with E-state index in [-0.39, 0.29) is 12.6 Å². The number of carbonyl (C=O) groups is 2. The van der Waals surface area contributed by atoms with Crippen molar-refractivity contribution in [3.05, 3.63) is 45.0 Å². The van der Waals surface area contributed by atoms with Crippen molar-refractivity contribution >= 4 is 35.1 Å². The number of hydrogen-bond donors (Lipinski definition) is 2. The molecule has 4 rings (SSSR count). The van der Waals surface area contributed by atoms with Crippen molar-refractivity contribution in [1.29, 1.82) is 0 Å². The first kappa shape index (κ1) is 22.0. The van der Waals surface area contributed by atoms with Crippen molar-refractivity contribution in [3.8, 4) is 0 Å². The molecule has 1 atom stereocenters. The maximum atomic E-state index is 12.9. The molecule has 2 amide bonds. The standard InChI is InChI=1S/C22H28N4O3S2/c1-4-29-20(27)18-16(24-21(28)25-19(18)17-10-7-11-30-17)12-31-22-23-13(2)14(3)26(22)15-8-5-6-9-15/h7,10-11,15,19H,4-6,8-9,12H2,1-3H3,(H2,24,25,28). The van der Waals surface area contributed by atoms with Crippen LogP contribution in [0.4, 0.5) is 4.79 Å². The van der Waals surface area contributed by atoms with Crippen LogP contribution in [0.3, 0.4) is 0 Å². The van der Waals surface area contributed by atoms with E-state index in [9.17, 15) is 9.59 Å². The van der Waals surface area contributed by atoms with Crippen molar-refractivity contribution in [1.82, 2.24) is 20.2 Å². The van der Waals surface area contributed by atoms with Crippen molar-refractivity contribution < 1.29 is 14.3 Å². The van der Waals surface area contributed by atoms with Gasteiger partial charge in [-0.25, -0.2) is 14.6 Å². The van der Waals surface area contributed by atoms with E-state index in [1.165, 1.54) is 42.7 Å². The molecule has 1 aliphatic heterocycles. The van der Waals surface area contributed by atoms with Crippen molar-refractivity contribution in [2.24, 2.45) is 0 Å². The lowest BCUT2D eigenvalue weighted by Crippen LogP contribution is -2.46. The van der Waals surface area contributed by atoms with Gasteiger partial charge >= 0.3 is 12.0 Å². The molecule has 0 saturated heterocycles. The van der Waals surface area contributed by atoms with Gasteiger partial charge in [0.1, 0.15) is 0 Å². The lowest BCUT2D eigenvalue weighted by Gasteiger charge is -2.28. The maximum absolute atomic E-state index is 12.9. The predicted octanol–water partition coefficient (Wildman–Crippen LogP) is 4.64. The predicted molar refractivity (Wildman–Crippen MR) is 122 cm³/mol. The summed E-state index contributed by atoms with van der Waals surface area (Å²) in [6.45, 7) is 6.21. The molecule has 0 spiro atoms. The van der Waals surface area contributed by atoms with Crippen molar-refractivity contribution in [2.75, 3.05) is 12.4 Å². The molecule has 2 aliphatic rings. The normalized spacial score (nSPS) is 19.5. The molecule has 2 N–H and O–H groups in total. The number of nitrogens with one attached hydrogen (secondary N) is 2. The third kappa shape index (κ3) is 4.52. The van der Waals surface area contributed by atoms with Crippen molar-refractivity contribution in [2.45, 2.75) is 63.7 Å². The fourth-order valence-corrected chi connectivity index (χ4v) is 6.19. The number of hydrogen-bond acceptors (Lipinski definition) is 6. The Morgan fingerprint density at radius 3 is 2.81 bits per heavy atom. The number of imidazole rings is 1. The Bertz CT molecular complexity index is 991. The fraction of sp³-hybridized carbons (Fsp3) is 0.500. The molecular formula is C22H28N4O3S2. The molecule has 9 heteroatoms. The lowest BCUT2D eigenvalue weighted by molar-refractivity contribution is -0.139. The monoisotopic (exact) mass is 460 g/mol. The number of nitrogens with zero attached hydrogens (tertiary/aromatic N) is 2. The van der Waals surface area contributed by atoms with Crippen LogP contribution in [-0.2, 0) is 9.53 Å². The summed E-state index contributed by atoms with van der Waals surface area (Å²) >= 11 is 3.07. The van der Waals surface area contributed by atoms with E-state index in [1.54, 1.807) is 18.7 Å². The second-order valence-corrected chi connectivity index (χ2v) is 9.74. The zero-order valence-corrected chi connectivity index (χ0v) is 19.7. The summed E-state index contributed by atoms with van der Waals surface area (Å²) in [7, 11) is 0. The number of thiophene rings is 1. The smallest absolute Gasteiger partial charge is 0.338 e. The number of aryl methyl sites for hydroxylation is 1. The molecule has 0 aromatic carbocycles. The van der Waals surface area contributed by atoms with E-state index < -0.39 is 12.0 Å². The van der Waals surface area contributed by atoms with Gasteiger partial charge in [-0.2, -0.15) is 0 Å². The van der Waals surface area contributed by atoms with E-state index in [1.807, 2.05) is 24.4 Å². The van der Waals surface area contributed by atoms with Crippen LogP contribution in [0.25, 0.3) is 0 Å². The van der Waals surface area contributed by atoms with Gasteiger partial charge in [-0.15, -0.1) is 11.3 Å². The molecule has 3 heterocycles. The van der Waals surface area contributed by atoms with Crippen LogP contribution >= 0.6 is 23.1 Å². The maximum Gasteiger partial charge on any atom is 0.338 e. The number of urea groups is 1. The van der Waals surface area contributed by atoms with Crippen molar-refractivity contribution in [3.63, 3.8) is 0 Å². The van der Waals surface area contributed by atoms with Gasteiger partial charge in [0.2, 0.25) is 0 Å². The Kier molecular flexibility index (Phi) is 6.71. The molecule has 166 valence electrons. The average Bonchev–Trinajstić information content (AvgIpc) is 3.49. The number of amides is 2. The first-order valence-electron chi connectivity index (χ1n) is 10.7. The lowest BCUT2D eigenvalue weighted by atomic mass is 10.0. The fourth-order valence-electron chi connectivity index (χ4n) is 4.28. The molecular weight excluding hydrogens is 432 g/mol. The number of carbonyl (C=O) groups excluding carboxylic acids is 2. The van der Waals surface area contributed by atoms with E-state index in [0.717, 1.165) is 15.7 Å². The largest absolute Gasteiger partial charge is 0.463 e. The minimum Gasteiger partial charge on any atom is -0.463 e. The topological polar surface area (TPSA) is 85.2 Å². The third-order valence-corrected chi connectivity index (χ3v) is 7.78. The van der Waals surface area contributed by atoms with Crippen LogP contribution < -0.4 is 10.6 Å². The molecule has 1 unspecified atom stereocenters. The second kappa shape index (κ2) is 9.48. The quantitative estimate of drug-likeness (QED) is 0.464. The highest BCUT2D eigenvalue weighted by Gasteiger charge is 2.34. The molecule has 7 nitrogen and oxygen atoms in total. The van der Waals surface area contributed by atoms with E-state index >= 15 is 0 Å². The summed E-state index contributed by atoms with van der Waals surface area (Å²) in [6, 6.07) is 3.48. The SMILES string of the molecule is CCOC(=O)C1=C(CSc2nc(C)c(C)n2C2CCCC2)NC(=O)NC1c1cccs1. The minimum absolute atomic E-state index is 0.276. The minimum atomic E-state index is -0.513. The molecule has 0 radical (unpaired) electrons. The number of aromatic nitrogens is 2. The molecule has 2 aromatic rings. The summed E-state index contributed by atoms with van der Waals surface area (Å²) in [4.78, 5) is 31.0. The van der Waals surface area contributed by atoms with Gasteiger partial charge in [-0.3, -0.25) is 0 Å². The van der Waals surface area contributed by atoms with Crippen LogP contribution in [-0.4, -0.2) is 33.9 Å². The molecule has 0 bridgehead atoms. The summed E-state index contributed by atoms with van der Waals surface area (Å²) in [5.74, 6) is 0.0296. The van der Waals surface area contributed by atoms with Gasteiger partial charge in [-0.1, -0.05) is 30.7 Å². The van der Waals surface area contributed by atoms with Crippen LogP contribution in [0.1, 0.15) is 61.0 Å². The summed E-state index contributed by atoms with van der Waals surface area (Å²) in [6.07, 6.45) is 4.83. The zero-order valence-electron chi connectivity index (χ0n) is 18.1. The van der Waals surface area contributed by atoms with E-state index in [0.29, 0.717) is 23.1 Å². The van der Waals surface area contributed by atoms with Crippen LogP contribution in [0.2, 0.25) is 0 Å². The Morgan fingerprint density at radius 1 is 1.35 bits per heavy atom. The van der Waals surface area contributed by atoms with Crippen LogP contribution in [0.5, 0.6) is 0 Å². The first-order chi connectivity index (χ1) is 15.0. The highest BCUT2D eigenvalue weighted by Crippen LogP contribution is 2.37. The summed E-state index contributed by atoms with van der Waals surface area (Å²) < 4.78 is 7.69. The average molecular weight is 461 g/mol. The summed E-state index contributed by atoms with van der Waals surface area (Å²) in [5.41, 5.74) is 3.27. The third-order valence-electron chi connectivity index (χ3n) is 5.87. The Balaban J connectivity index is 1.66. The number of ether oxygens (including phenoxy) is 1. The van der Waals surface area contributed by atoms with Gasteiger partial charge in [-0.05, 0) is 45.1 Å². The number of thioether (sulfide) groups is 1. The Hall–Kier alpha value is -2.26. The number of rotatable bonds is 7. The molecule has 1 saturated carbocycles. The van der Waals surface area contributed by atoms with Gasteiger partial charge in [0, 0.05) is 28.1 Å². The van der Waals surface area contributed by atoms with E-state index in [4.69, 9.17) is 9.72 Å². The van der Waals surface area contributed by atoms with E-state index in [2.05, 4.69) is 22.1 Å². The number of esters is 1. The first-order valence-corrected chi connectivity index (χ1v) is 12.6. The van der Waals surface area contributed by atoms with Gasteiger partial charge in [0.25, 0.3) is 0 Å². The van der Waals surface area contributed by atoms with Gasteiger partial charge in [0.05, 0.1) is 23.9 Å². The molecule has 1 fully saturated rings. The van der Waals surface area contributed by atoms with Gasteiger partial charge < -0.3 is 19.9 Å². The highest BCUT2D eigenvalue weighted by molar-refractivity contribution is 7.99. The molecule has 31 heavy (non-hydrogen) atoms. The zero-order chi connectivity index (χ0) is 22.0. The van der Waals surface area contributed by atoms with Crippen LogP contribution in [0.15, 0.2) is 33.9 Å². The van der Waals surface area contributed by atoms with Crippen LogP contribution in [0, 0.1) is 13.8 Å².